The number of nitrogens with zero attached hydrogens (tertiary/aromatic N) is 4. The van der Waals surface area contributed by atoms with Crippen molar-refractivity contribution in [3.05, 3.63) is 40.8 Å². The molecule has 0 saturated carbocycles. The van der Waals surface area contributed by atoms with Crippen LogP contribution in [0.15, 0.2) is 35.5 Å². The van der Waals surface area contributed by atoms with E-state index in [0.717, 1.165) is 10.2 Å². The number of hydrogen-bond acceptors (Lipinski definition) is 5. The molecule has 0 unspecified atom stereocenters. The third-order valence-electron chi connectivity index (χ3n) is 3.52. The SMILES string of the molecule is COCCn1c(=NC(=O)c2cn(C)nc2OC)sc2ccccc21. The zero-order valence-electron chi connectivity index (χ0n) is 13.7. The molecule has 2 heterocycles. The van der Waals surface area contributed by atoms with Gasteiger partial charge < -0.3 is 14.0 Å². The second-order valence-electron chi connectivity index (χ2n) is 5.14. The summed E-state index contributed by atoms with van der Waals surface area (Å²) in [6.07, 6.45) is 1.61. The van der Waals surface area contributed by atoms with E-state index in [1.54, 1.807) is 20.4 Å². The second-order valence-corrected chi connectivity index (χ2v) is 6.15. The lowest BCUT2D eigenvalue weighted by Crippen LogP contribution is -2.19. The Labute approximate surface area is 142 Å². The van der Waals surface area contributed by atoms with Gasteiger partial charge in [-0.1, -0.05) is 23.5 Å². The molecule has 24 heavy (non-hydrogen) atoms. The van der Waals surface area contributed by atoms with Gasteiger partial charge in [0.15, 0.2) is 4.80 Å². The van der Waals surface area contributed by atoms with Crippen LogP contribution in [0.2, 0.25) is 0 Å². The van der Waals surface area contributed by atoms with Gasteiger partial charge in [-0.05, 0) is 12.1 Å². The fourth-order valence-corrected chi connectivity index (χ4v) is 3.47. The largest absolute Gasteiger partial charge is 0.479 e. The Kier molecular flexibility index (Phi) is 4.77. The fraction of sp³-hybridized carbons (Fsp3) is 0.312. The number of aryl methyl sites for hydroxylation is 1. The number of carbonyl (C=O) groups is 1. The van der Waals surface area contributed by atoms with Crippen molar-refractivity contribution in [1.82, 2.24) is 14.3 Å². The van der Waals surface area contributed by atoms with Gasteiger partial charge in [-0.15, -0.1) is 5.10 Å². The molecule has 0 N–H and O–H groups in total. The summed E-state index contributed by atoms with van der Waals surface area (Å²) in [5.41, 5.74) is 1.37. The van der Waals surface area contributed by atoms with Gasteiger partial charge in [0.2, 0.25) is 5.88 Å². The van der Waals surface area contributed by atoms with E-state index in [1.807, 2.05) is 28.8 Å². The number of methoxy groups -OCH3 is 2. The number of thiazole rings is 1. The first-order valence-corrected chi connectivity index (χ1v) is 8.19. The Morgan fingerprint density at radius 3 is 2.88 bits per heavy atom. The highest BCUT2D eigenvalue weighted by Crippen LogP contribution is 2.18. The molecule has 0 atom stereocenters. The van der Waals surface area contributed by atoms with Crippen molar-refractivity contribution in [3.63, 3.8) is 0 Å². The van der Waals surface area contributed by atoms with Crippen LogP contribution >= 0.6 is 11.3 Å². The van der Waals surface area contributed by atoms with E-state index in [2.05, 4.69) is 10.1 Å². The lowest BCUT2D eigenvalue weighted by molar-refractivity contribution is 0.0994. The van der Waals surface area contributed by atoms with Gasteiger partial charge >= 0.3 is 0 Å². The minimum absolute atomic E-state index is 0.274. The average Bonchev–Trinajstić information content (AvgIpc) is 3.13. The molecule has 0 saturated heterocycles. The van der Waals surface area contributed by atoms with Crippen molar-refractivity contribution >= 4 is 27.5 Å². The molecule has 3 aromatic rings. The number of para-hydroxylation sites is 1. The van der Waals surface area contributed by atoms with Gasteiger partial charge in [0.25, 0.3) is 5.91 Å². The molecule has 0 fully saturated rings. The van der Waals surface area contributed by atoms with Gasteiger partial charge in [0.05, 0.1) is 23.9 Å². The highest BCUT2D eigenvalue weighted by atomic mass is 32.1. The van der Waals surface area contributed by atoms with Crippen molar-refractivity contribution in [2.45, 2.75) is 6.54 Å². The Hall–Kier alpha value is -2.45. The molecular weight excluding hydrogens is 328 g/mol. The average molecular weight is 346 g/mol. The zero-order chi connectivity index (χ0) is 17.1. The van der Waals surface area contributed by atoms with E-state index in [9.17, 15) is 4.79 Å². The number of carbonyl (C=O) groups excluding carboxylic acids is 1. The van der Waals surface area contributed by atoms with E-state index in [4.69, 9.17) is 9.47 Å². The van der Waals surface area contributed by atoms with Crippen LogP contribution in [-0.2, 0) is 18.3 Å². The van der Waals surface area contributed by atoms with Gasteiger partial charge in [0.1, 0.15) is 5.56 Å². The predicted molar refractivity (Wildman–Crippen MR) is 91.3 cm³/mol. The van der Waals surface area contributed by atoms with Gasteiger partial charge in [0, 0.05) is 26.9 Å². The summed E-state index contributed by atoms with van der Waals surface area (Å²) < 4.78 is 14.9. The van der Waals surface area contributed by atoms with Crippen LogP contribution in [0.3, 0.4) is 0 Å². The molecule has 2 aromatic heterocycles. The Bertz CT molecular complexity index is 938. The van der Waals surface area contributed by atoms with Crippen LogP contribution in [0.5, 0.6) is 5.88 Å². The first-order chi connectivity index (χ1) is 11.6. The second kappa shape index (κ2) is 6.98. The van der Waals surface area contributed by atoms with Crippen LogP contribution in [0.1, 0.15) is 10.4 Å². The van der Waals surface area contributed by atoms with Gasteiger partial charge in [-0.25, -0.2) is 0 Å². The van der Waals surface area contributed by atoms with Crippen LogP contribution in [0, 0.1) is 0 Å². The standard InChI is InChI=1S/C16H18N4O3S/c1-19-10-11(15(18-19)23-3)14(21)17-16-20(8-9-22-2)12-6-4-5-7-13(12)24-16/h4-7,10H,8-9H2,1-3H3. The van der Waals surface area contributed by atoms with Crippen molar-refractivity contribution in [2.24, 2.45) is 12.0 Å². The summed E-state index contributed by atoms with van der Waals surface area (Å²) in [4.78, 5) is 17.5. The molecule has 0 spiro atoms. The molecule has 0 aliphatic rings. The molecule has 7 nitrogen and oxygen atoms in total. The maximum absolute atomic E-state index is 12.6. The lowest BCUT2D eigenvalue weighted by Gasteiger charge is -2.03. The van der Waals surface area contributed by atoms with Crippen molar-refractivity contribution < 1.29 is 14.3 Å². The number of rotatable bonds is 5. The minimum Gasteiger partial charge on any atom is -0.479 e. The summed E-state index contributed by atoms with van der Waals surface area (Å²) in [6, 6.07) is 7.95. The first kappa shape index (κ1) is 16.4. The quantitative estimate of drug-likeness (QED) is 0.707. The molecule has 0 aliphatic heterocycles. The zero-order valence-corrected chi connectivity index (χ0v) is 14.5. The number of fused-ring (bicyclic) bond motifs is 1. The minimum atomic E-state index is -0.377. The van der Waals surface area contributed by atoms with Gasteiger partial charge in [-0.2, -0.15) is 4.99 Å². The van der Waals surface area contributed by atoms with E-state index < -0.39 is 0 Å². The Morgan fingerprint density at radius 1 is 1.33 bits per heavy atom. The normalized spacial score (nSPS) is 12.0. The topological polar surface area (TPSA) is 70.6 Å². The number of ether oxygens (including phenoxy) is 2. The smallest absolute Gasteiger partial charge is 0.286 e. The number of amides is 1. The molecule has 0 radical (unpaired) electrons. The molecule has 8 heteroatoms. The van der Waals surface area contributed by atoms with Crippen molar-refractivity contribution in [2.75, 3.05) is 20.8 Å². The molecule has 3 rings (SSSR count). The molecule has 1 aromatic carbocycles. The lowest BCUT2D eigenvalue weighted by atomic mass is 10.3. The predicted octanol–water partition coefficient (Wildman–Crippen LogP) is 1.83. The third kappa shape index (κ3) is 3.10. The molecule has 1 amide bonds. The highest BCUT2D eigenvalue weighted by molar-refractivity contribution is 7.16. The van der Waals surface area contributed by atoms with Crippen LogP contribution in [-0.4, -0.2) is 41.1 Å². The van der Waals surface area contributed by atoms with Gasteiger partial charge in [-0.3, -0.25) is 9.48 Å². The number of hydrogen-bond donors (Lipinski definition) is 0. The van der Waals surface area contributed by atoms with E-state index >= 15 is 0 Å². The first-order valence-electron chi connectivity index (χ1n) is 7.38. The molecule has 126 valence electrons. The van der Waals surface area contributed by atoms with E-state index in [-0.39, 0.29) is 11.8 Å². The monoisotopic (exact) mass is 346 g/mol. The van der Waals surface area contributed by atoms with Crippen molar-refractivity contribution in [1.29, 1.82) is 0 Å². The summed E-state index contributed by atoms with van der Waals surface area (Å²) in [5.74, 6) is -0.103. The van der Waals surface area contributed by atoms with Crippen LogP contribution < -0.4 is 9.54 Å². The maximum atomic E-state index is 12.6. The third-order valence-corrected chi connectivity index (χ3v) is 4.58. The van der Waals surface area contributed by atoms with Crippen LogP contribution in [0.25, 0.3) is 10.2 Å². The summed E-state index contributed by atoms with van der Waals surface area (Å²) in [6.45, 7) is 1.16. The Balaban J connectivity index is 2.10. The molecule has 0 bridgehead atoms. The van der Waals surface area contributed by atoms with E-state index in [0.29, 0.717) is 23.5 Å². The number of benzene rings is 1. The number of aromatic nitrogens is 3. The van der Waals surface area contributed by atoms with Crippen LogP contribution in [0.4, 0.5) is 0 Å². The molecule has 0 aliphatic carbocycles. The fourth-order valence-electron chi connectivity index (χ4n) is 2.42. The summed E-state index contributed by atoms with van der Waals surface area (Å²) in [5, 5.41) is 4.10. The maximum Gasteiger partial charge on any atom is 0.286 e. The highest BCUT2D eigenvalue weighted by Gasteiger charge is 2.16. The molecular formula is C16H18N4O3S. The van der Waals surface area contributed by atoms with E-state index in [1.165, 1.54) is 23.1 Å². The summed E-state index contributed by atoms with van der Waals surface area (Å²) >= 11 is 1.47. The summed E-state index contributed by atoms with van der Waals surface area (Å²) in [7, 11) is 4.87. The Morgan fingerprint density at radius 2 is 2.12 bits per heavy atom. The van der Waals surface area contributed by atoms with Crippen molar-refractivity contribution in [3.8, 4) is 5.88 Å².